The molecule has 1 aliphatic heterocycles. The van der Waals surface area contributed by atoms with E-state index in [0.29, 0.717) is 18.5 Å². The van der Waals surface area contributed by atoms with E-state index >= 15 is 0 Å². The van der Waals surface area contributed by atoms with Crippen LogP contribution in [0.2, 0.25) is 0 Å². The van der Waals surface area contributed by atoms with Gasteiger partial charge in [-0.05, 0) is 80.8 Å². The quantitative estimate of drug-likeness (QED) is 0.752. The van der Waals surface area contributed by atoms with Gasteiger partial charge in [0.05, 0.1) is 5.56 Å². The lowest BCUT2D eigenvalue weighted by atomic mass is 9.49. The van der Waals surface area contributed by atoms with Crippen LogP contribution in [0, 0.1) is 23.2 Å². The molecule has 1 amide bonds. The van der Waals surface area contributed by atoms with E-state index in [1.807, 2.05) is 0 Å². The molecule has 164 valence electrons. The van der Waals surface area contributed by atoms with Crippen LogP contribution in [0.5, 0.6) is 0 Å². The number of rotatable bonds is 5. The van der Waals surface area contributed by atoms with E-state index in [-0.39, 0.29) is 17.4 Å². The minimum absolute atomic E-state index is 0.128. The largest absolute Gasteiger partial charge is 0.416 e. The molecule has 1 heterocycles. The average molecular weight is 421 g/mol. The highest BCUT2D eigenvalue weighted by Gasteiger charge is 2.54. The third-order valence-corrected chi connectivity index (χ3v) is 8.15. The van der Waals surface area contributed by atoms with Gasteiger partial charge in [-0.15, -0.1) is 0 Å². The second-order valence-electron chi connectivity index (χ2n) is 10.4. The van der Waals surface area contributed by atoms with Gasteiger partial charge >= 0.3 is 6.18 Å². The molecule has 0 radical (unpaired) electrons. The van der Waals surface area contributed by atoms with E-state index in [1.165, 1.54) is 25.3 Å². The van der Waals surface area contributed by atoms with Crippen molar-refractivity contribution in [1.29, 1.82) is 0 Å². The van der Waals surface area contributed by atoms with Crippen molar-refractivity contribution in [3.8, 4) is 0 Å². The molecule has 1 saturated heterocycles. The first-order valence-electron chi connectivity index (χ1n) is 11.5. The molecule has 4 saturated carbocycles. The second kappa shape index (κ2) is 7.54. The summed E-state index contributed by atoms with van der Waals surface area (Å²) < 4.78 is 39.6. The predicted molar refractivity (Wildman–Crippen MR) is 109 cm³/mol. The van der Waals surface area contributed by atoms with E-state index in [0.717, 1.165) is 62.6 Å². The molecular formula is C24H31F3N2O. The van der Waals surface area contributed by atoms with E-state index in [1.54, 1.807) is 12.1 Å². The molecule has 5 fully saturated rings. The molecule has 3 nitrogen and oxygen atoms in total. The lowest BCUT2D eigenvalue weighted by molar-refractivity contribution is -0.147. The summed E-state index contributed by atoms with van der Waals surface area (Å²) in [7, 11) is 0. The fraction of sp³-hybridized carbons (Fsp3) is 0.708. The molecule has 4 bridgehead atoms. The van der Waals surface area contributed by atoms with Crippen LogP contribution in [-0.2, 0) is 17.4 Å². The highest BCUT2D eigenvalue weighted by molar-refractivity contribution is 5.83. The van der Waals surface area contributed by atoms with Crippen molar-refractivity contribution < 1.29 is 18.0 Å². The molecule has 5 aliphatic rings. The van der Waals surface area contributed by atoms with Crippen LogP contribution in [0.25, 0.3) is 0 Å². The Hall–Kier alpha value is -1.56. The summed E-state index contributed by atoms with van der Waals surface area (Å²) in [6.45, 7) is 2.17. The first-order chi connectivity index (χ1) is 14.3. The zero-order valence-electron chi connectivity index (χ0n) is 17.4. The molecule has 4 aliphatic carbocycles. The Morgan fingerprint density at radius 3 is 2.33 bits per heavy atom. The normalized spacial score (nSPS) is 35.7. The third kappa shape index (κ3) is 3.88. The third-order valence-electron chi connectivity index (χ3n) is 8.15. The molecule has 0 aromatic heterocycles. The maximum absolute atomic E-state index is 13.2. The van der Waals surface area contributed by atoms with Gasteiger partial charge in [0.25, 0.3) is 0 Å². The standard InChI is InChI=1S/C24H31F3N2O/c25-24(26,27)21-4-2-1-3-19(21)5-7-29-8-6-20(15-29)28-22(30)23-12-16-9-17(13-23)11-18(10-16)14-23/h1-4,16-18,20H,5-15H2,(H,28,30). The number of carbonyl (C=O) groups excluding carboxylic acids is 1. The van der Waals surface area contributed by atoms with Gasteiger partial charge in [-0.1, -0.05) is 18.2 Å². The highest BCUT2D eigenvalue weighted by atomic mass is 19.4. The van der Waals surface area contributed by atoms with Crippen LogP contribution in [0.1, 0.15) is 56.1 Å². The van der Waals surface area contributed by atoms with Gasteiger partial charge in [0.15, 0.2) is 0 Å². The Bertz CT molecular complexity index is 771. The number of nitrogens with zero attached hydrogens (tertiary/aromatic N) is 1. The van der Waals surface area contributed by atoms with E-state index < -0.39 is 11.7 Å². The molecule has 6 rings (SSSR count). The van der Waals surface area contributed by atoms with Gasteiger partial charge in [-0.3, -0.25) is 4.79 Å². The maximum atomic E-state index is 13.2. The fourth-order valence-electron chi connectivity index (χ4n) is 7.17. The lowest BCUT2D eigenvalue weighted by Gasteiger charge is -2.55. The number of halogens is 3. The summed E-state index contributed by atoms with van der Waals surface area (Å²) in [6.07, 6.45) is 4.12. The average Bonchev–Trinajstić information content (AvgIpc) is 3.12. The van der Waals surface area contributed by atoms with Gasteiger partial charge in [0, 0.05) is 31.1 Å². The number of hydrogen-bond acceptors (Lipinski definition) is 2. The van der Waals surface area contributed by atoms with Crippen molar-refractivity contribution in [3.63, 3.8) is 0 Å². The van der Waals surface area contributed by atoms with E-state index in [2.05, 4.69) is 10.2 Å². The van der Waals surface area contributed by atoms with Gasteiger partial charge < -0.3 is 10.2 Å². The van der Waals surface area contributed by atoms with Crippen LogP contribution in [0.15, 0.2) is 24.3 Å². The summed E-state index contributed by atoms with van der Waals surface area (Å²) in [5, 5.41) is 3.34. The topological polar surface area (TPSA) is 32.3 Å². The van der Waals surface area contributed by atoms with Crippen LogP contribution in [0.4, 0.5) is 13.2 Å². The molecule has 1 atom stereocenters. The summed E-state index contributed by atoms with van der Waals surface area (Å²) >= 11 is 0. The van der Waals surface area contributed by atoms with Crippen LogP contribution < -0.4 is 5.32 Å². The molecular weight excluding hydrogens is 389 g/mol. The molecule has 0 spiro atoms. The summed E-state index contributed by atoms with van der Waals surface area (Å²) in [5.41, 5.74) is -0.310. The van der Waals surface area contributed by atoms with Crippen molar-refractivity contribution in [2.24, 2.45) is 23.2 Å². The van der Waals surface area contributed by atoms with Crippen molar-refractivity contribution >= 4 is 5.91 Å². The van der Waals surface area contributed by atoms with Gasteiger partial charge in [-0.25, -0.2) is 0 Å². The van der Waals surface area contributed by atoms with Crippen molar-refractivity contribution in [2.45, 2.75) is 63.6 Å². The molecule has 30 heavy (non-hydrogen) atoms. The molecule has 1 aromatic rings. The first kappa shape index (κ1) is 20.3. The number of hydrogen-bond donors (Lipinski definition) is 1. The van der Waals surface area contributed by atoms with Crippen molar-refractivity contribution in [1.82, 2.24) is 10.2 Å². The van der Waals surface area contributed by atoms with E-state index in [9.17, 15) is 18.0 Å². The lowest BCUT2D eigenvalue weighted by Crippen LogP contribution is -2.55. The highest BCUT2D eigenvalue weighted by Crippen LogP contribution is 2.60. The number of amides is 1. The Kier molecular flexibility index (Phi) is 5.11. The van der Waals surface area contributed by atoms with Crippen LogP contribution in [-0.4, -0.2) is 36.5 Å². The van der Waals surface area contributed by atoms with Crippen LogP contribution in [0.3, 0.4) is 0 Å². The zero-order valence-corrected chi connectivity index (χ0v) is 17.4. The summed E-state index contributed by atoms with van der Waals surface area (Å²) in [5.74, 6) is 2.50. The first-order valence-corrected chi connectivity index (χ1v) is 11.5. The number of nitrogens with one attached hydrogen (secondary N) is 1. The predicted octanol–water partition coefficient (Wildman–Crippen LogP) is 4.65. The minimum atomic E-state index is -4.31. The summed E-state index contributed by atoms with van der Waals surface area (Å²) in [6, 6.07) is 5.98. The van der Waals surface area contributed by atoms with Gasteiger partial charge in [-0.2, -0.15) is 13.2 Å². The van der Waals surface area contributed by atoms with Crippen LogP contribution >= 0.6 is 0 Å². The maximum Gasteiger partial charge on any atom is 0.416 e. The summed E-state index contributed by atoms with van der Waals surface area (Å²) in [4.78, 5) is 15.4. The zero-order chi connectivity index (χ0) is 20.9. The number of benzene rings is 1. The number of carbonyl (C=O) groups is 1. The second-order valence-corrected chi connectivity index (χ2v) is 10.4. The smallest absolute Gasteiger partial charge is 0.352 e. The number of alkyl halides is 3. The van der Waals surface area contributed by atoms with Gasteiger partial charge in [0.2, 0.25) is 5.91 Å². The molecule has 1 unspecified atom stereocenters. The Balaban J connectivity index is 1.15. The van der Waals surface area contributed by atoms with Crippen molar-refractivity contribution in [3.05, 3.63) is 35.4 Å². The Labute approximate surface area is 176 Å². The molecule has 1 aromatic carbocycles. The molecule has 1 N–H and O–H groups in total. The monoisotopic (exact) mass is 420 g/mol. The van der Waals surface area contributed by atoms with E-state index in [4.69, 9.17) is 0 Å². The molecule has 6 heteroatoms. The fourth-order valence-corrected chi connectivity index (χ4v) is 7.17. The van der Waals surface area contributed by atoms with Crippen molar-refractivity contribution in [2.75, 3.05) is 19.6 Å². The Morgan fingerprint density at radius 2 is 1.70 bits per heavy atom. The SMILES string of the molecule is O=C(NC1CCN(CCc2ccccc2C(F)(F)F)C1)C12CC3CC(CC(C3)C1)C2. The minimum Gasteiger partial charge on any atom is -0.352 e. The number of likely N-dealkylation sites (tertiary alicyclic amines) is 1. The van der Waals surface area contributed by atoms with Gasteiger partial charge in [0.1, 0.15) is 0 Å². The Morgan fingerprint density at radius 1 is 1.07 bits per heavy atom.